The fourth-order valence-electron chi connectivity index (χ4n) is 1.57. The second-order valence-corrected chi connectivity index (χ2v) is 3.77. The predicted molar refractivity (Wildman–Crippen MR) is 60.1 cm³/mol. The summed E-state index contributed by atoms with van der Waals surface area (Å²) in [5, 5.41) is 13.0. The Labute approximate surface area is 93.1 Å². The molecule has 0 spiro atoms. The van der Waals surface area contributed by atoms with Crippen molar-refractivity contribution in [3.05, 3.63) is 17.1 Å². The van der Waals surface area contributed by atoms with E-state index in [9.17, 15) is 0 Å². The van der Waals surface area contributed by atoms with Crippen molar-refractivity contribution in [1.82, 2.24) is 19.6 Å². The fourth-order valence-corrected chi connectivity index (χ4v) is 1.57. The molecule has 2 aromatic rings. The number of anilines is 1. The Morgan fingerprint density at radius 2 is 2.06 bits per heavy atom. The molecule has 6 nitrogen and oxygen atoms in total. The summed E-state index contributed by atoms with van der Waals surface area (Å²) in [5.74, 6) is 1.04. The lowest BCUT2D eigenvalue weighted by atomic mass is 10.2. The SMILES string of the molecule is Cc1nc(N)n2nc(CCCO)nc2c1C. The smallest absolute Gasteiger partial charge is 0.223 e. The van der Waals surface area contributed by atoms with E-state index in [1.165, 1.54) is 0 Å². The second kappa shape index (κ2) is 4.05. The van der Waals surface area contributed by atoms with Gasteiger partial charge in [0, 0.05) is 24.3 Å². The molecule has 3 N–H and O–H groups in total. The van der Waals surface area contributed by atoms with Crippen molar-refractivity contribution in [3.8, 4) is 0 Å². The van der Waals surface area contributed by atoms with Crippen LogP contribution in [0, 0.1) is 13.8 Å². The van der Waals surface area contributed by atoms with Gasteiger partial charge in [-0.2, -0.15) is 4.52 Å². The van der Waals surface area contributed by atoms with E-state index in [1.807, 2.05) is 13.8 Å². The number of fused-ring (bicyclic) bond motifs is 1. The lowest BCUT2D eigenvalue weighted by Crippen LogP contribution is -2.05. The van der Waals surface area contributed by atoms with Crippen LogP contribution in [0.15, 0.2) is 0 Å². The molecule has 0 saturated carbocycles. The molecule has 0 aliphatic rings. The van der Waals surface area contributed by atoms with Gasteiger partial charge in [0.1, 0.15) is 0 Å². The minimum atomic E-state index is 0.140. The molecule has 0 radical (unpaired) electrons. The van der Waals surface area contributed by atoms with Crippen LogP contribution >= 0.6 is 0 Å². The summed E-state index contributed by atoms with van der Waals surface area (Å²) in [6.07, 6.45) is 1.30. The first-order valence-corrected chi connectivity index (χ1v) is 5.22. The van der Waals surface area contributed by atoms with Gasteiger partial charge in [-0.15, -0.1) is 5.10 Å². The van der Waals surface area contributed by atoms with Gasteiger partial charge < -0.3 is 10.8 Å². The average Bonchev–Trinajstić information content (AvgIpc) is 2.68. The van der Waals surface area contributed by atoms with E-state index in [1.54, 1.807) is 4.52 Å². The van der Waals surface area contributed by atoms with E-state index < -0.39 is 0 Å². The molecule has 0 amide bonds. The third-order valence-electron chi connectivity index (χ3n) is 2.59. The van der Waals surface area contributed by atoms with E-state index in [0.29, 0.717) is 24.6 Å². The summed E-state index contributed by atoms with van der Waals surface area (Å²) in [7, 11) is 0. The zero-order valence-electron chi connectivity index (χ0n) is 9.43. The molecule has 2 heterocycles. The molecule has 2 aromatic heterocycles. The van der Waals surface area contributed by atoms with Gasteiger partial charge in [0.15, 0.2) is 11.5 Å². The first kappa shape index (κ1) is 10.8. The monoisotopic (exact) mass is 221 g/mol. The number of aryl methyl sites for hydroxylation is 3. The molecule has 0 saturated heterocycles. The molecule has 0 unspecified atom stereocenters. The van der Waals surface area contributed by atoms with Crippen LogP contribution in [0.1, 0.15) is 23.5 Å². The molecule has 16 heavy (non-hydrogen) atoms. The van der Waals surface area contributed by atoms with Gasteiger partial charge in [-0.25, -0.2) is 9.97 Å². The van der Waals surface area contributed by atoms with Crippen LogP contribution in [-0.2, 0) is 6.42 Å². The molecule has 0 bridgehead atoms. The standard InChI is InChI=1S/C10H15N5O/c1-6-7(2)12-10(11)15-9(6)13-8(14-15)4-3-5-16/h16H,3-5H2,1-2H3,(H2,11,12). The minimum Gasteiger partial charge on any atom is -0.396 e. The van der Waals surface area contributed by atoms with Gasteiger partial charge in [-0.3, -0.25) is 0 Å². The van der Waals surface area contributed by atoms with Crippen LogP contribution in [0.4, 0.5) is 5.95 Å². The highest BCUT2D eigenvalue weighted by atomic mass is 16.2. The second-order valence-electron chi connectivity index (χ2n) is 3.77. The van der Waals surface area contributed by atoms with Crippen molar-refractivity contribution in [1.29, 1.82) is 0 Å². The minimum absolute atomic E-state index is 0.140. The van der Waals surface area contributed by atoms with Crippen LogP contribution in [0.2, 0.25) is 0 Å². The molecule has 0 fully saturated rings. The molecule has 86 valence electrons. The first-order chi connectivity index (χ1) is 7.63. The van der Waals surface area contributed by atoms with Gasteiger partial charge in [-0.1, -0.05) is 0 Å². The molecule has 0 atom stereocenters. The van der Waals surface area contributed by atoms with Crippen molar-refractivity contribution in [2.75, 3.05) is 12.3 Å². The quantitative estimate of drug-likeness (QED) is 0.775. The molecule has 0 aromatic carbocycles. The number of hydrogen-bond acceptors (Lipinski definition) is 5. The maximum absolute atomic E-state index is 8.76. The van der Waals surface area contributed by atoms with Crippen molar-refractivity contribution in [3.63, 3.8) is 0 Å². The van der Waals surface area contributed by atoms with Crippen LogP contribution in [0.3, 0.4) is 0 Å². The largest absolute Gasteiger partial charge is 0.396 e. The maximum Gasteiger partial charge on any atom is 0.223 e. The van der Waals surface area contributed by atoms with Crippen molar-refractivity contribution in [2.45, 2.75) is 26.7 Å². The zero-order valence-corrected chi connectivity index (χ0v) is 9.43. The Hall–Kier alpha value is -1.69. The zero-order chi connectivity index (χ0) is 11.7. The number of nitrogens with zero attached hydrogens (tertiary/aromatic N) is 4. The Morgan fingerprint density at radius 3 is 2.75 bits per heavy atom. The summed E-state index contributed by atoms with van der Waals surface area (Å²) in [6.45, 7) is 3.98. The van der Waals surface area contributed by atoms with E-state index in [2.05, 4.69) is 15.1 Å². The molecule has 0 aliphatic carbocycles. The highest BCUT2D eigenvalue weighted by Crippen LogP contribution is 2.14. The fraction of sp³-hybridized carbons (Fsp3) is 0.500. The predicted octanol–water partition coefficient (Wildman–Crippen LogP) is 0.248. The summed E-state index contributed by atoms with van der Waals surface area (Å²) in [4.78, 5) is 8.58. The van der Waals surface area contributed by atoms with E-state index in [0.717, 1.165) is 16.9 Å². The summed E-state index contributed by atoms with van der Waals surface area (Å²) in [6, 6.07) is 0. The van der Waals surface area contributed by atoms with Crippen LogP contribution in [0.5, 0.6) is 0 Å². The number of aliphatic hydroxyl groups is 1. The average molecular weight is 221 g/mol. The molecule has 6 heteroatoms. The van der Waals surface area contributed by atoms with Crippen molar-refractivity contribution < 1.29 is 5.11 Å². The molecule has 2 rings (SSSR count). The maximum atomic E-state index is 8.76. The Balaban J connectivity index is 2.52. The normalized spacial score (nSPS) is 11.2. The highest BCUT2D eigenvalue weighted by Gasteiger charge is 2.11. The number of aromatic nitrogens is 4. The molecular formula is C10H15N5O. The van der Waals surface area contributed by atoms with Gasteiger partial charge in [0.25, 0.3) is 0 Å². The van der Waals surface area contributed by atoms with E-state index in [-0.39, 0.29) is 6.61 Å². The number of rotatable bonds is 3. The third kappa shape index (κ3) is 1.71. The number of nitrogen functional groups attached to an aromatic ring is 1. The molecular weight excluding hydrogens is 206 g/mol. The number of hydrogen-bond donors (Lipinski definition) is 2. The van der Waals surface area contributed by atoms with Gasteiger partial charge in [0.05, 0.1) is 0 Å². The summed E-state index contributed by atoms with van der Waals surface area (Å²) >= 11 is 0. The Morgan fingerprint density at radius 1 is 1.31 bits per heavy atom. The lowest BCUT2D eigenvalue weighted by molar-refractivity contribution is 0.287. The Kier molecular flexibility index (Phi) is 2.74. The highest BCUT2D eigenvalue weighted by molar-refractivity contribution is 5.52. The third-order valence-corrected chi connectivity index (χ3v) is 2.59. The van der Waals surface area contributed by atoms with Crippen molar-refractivity contribution >= 4 is 11.6 Å². The van der Waals surface area contributed by atoms with Gasteiger partial charge in [0.2, 0.25) is 5.95 Å². The number of aliphatic hydroxyl groups excluding tert-OH is 1. The van der Waals surface area contributed by atoms with Crippen LogP contribution < -0.4 is 5.73 Å². The van der Waals surface area contributed by atoms with Crippen LogP contribution in [0.25, 0.3) is 5.65 Å². The number of nitrogens with two attached hydrogens (primary N) is 1. The van der Waals surface area contributed by atoms with E-state index in [4.69, 9.17) is 10.8 Å². The topological polar surface area (TPSA) is 89.3 Å². The van der Waals surface area contributed by atoms with E-state index >= 15 is 0 Å². The van der Waals surface area contributed by atoms with Gasteiger partial charge in [-0.05, 0) is 20.3 Å². The lowest BCUT2D eigenvalue weighted by Gasteiger charge is -2.02. The van der Waals surface area contributed by atoms with Gasteiger partial charge >= 0.3 is 0 Å². The van der Waals surface area contributed by atoms with Crippen molar-refractivity contribution in [2.24, 2.45) is 0 Å². The molecule has 0 aliphatic heterocycles. The Bertz CT molecular complexity index is 519. The first-order valence-electron chi connectivity index (χ1n) is 5.22. The summed E-state index contributed by atoms with van der Waals surface area (Å²) in [5.41, 5.74) is 8.37. The van der Waals surface area contributed by atoms with Crippen LogP contribution in [-0.4, -0.2) is 31.3 Å². The summed E-state index contributed by atoms with van der Waals surface area (Å²) < 4.78 is 1.55.